The number of halogens is 1. The number of carbonyl (C=O) groups is 1. The topological polar surface area (TPSA) is 29.1 Å². The van der Waals surface area contributed by atoms with Crippen LogP contribution in [-0.4, -0.2) is 17.9 Å². The van der Waals surface area contributed by atoms with E-state index in [1.54, 1.807) is 6.92 Å². The van der Waals surface area contributed by atoms with Crippen LogP contribution in [0.15, 0.2) is 35.9 Å². The van der Waals surface area contributed by atoms with E-state index in [0.29, 0.717) is 6.54 Å². The first-order chi connectivity index (χ1) is 7.88. The zero-order valence-corrected chi connectivity index (χ0v) is 12.3. The smallest absolute Gasteiger partial charge is 0.157 e. The Labute approximate surface area is 116 Å². The fraction of sp³-hybridized carbons (Fsp3) is 0.400. The number of nitrogens with one attached hydrogen (secondary N) is 1. The lowest BCUT2D eigenvalue weighted by atomic mass is 10.0. The summed E-state index contributed by atoms with van der Waals surface area (Å²) in [6.45, 7) is 8.49. The normalized spacial score (nSPS) is 11.9. The van der Waals surface area contributed by atoms with Gasteiger partial charge in [0.1, 0.15) is 0 Å². The highest BCUT2D eigenvalue weighted by Gasteiger charge is 2.11. The maximum Gasteiger partial charge on any atom is 0.157 e. The van der Waals surface area contributed by atoms with E-state index in [1.165, 1.54) is 0 Å². The maximum absolute atomic E-state index is 11.6. The van der Waals surface area contributed by atoms with Crippen molar-refractivity contribution in [2.45, 2.75) is 33.2 Å². The highest BCUT2D eigenvalue weighted by molar-refractivity contribution is 5.98. The van der Waals surface area contributed by atoms with Gasteiger partial charge in [0, 0.05) is 17.7 Å². The lowest BCUT2D eigenvalue weighted by Gasteiger charge is -2.21. The quantitative estimate of drug-likeness (QED) is 0.847. The van der Waals surface area contributed by atoms with Crippen LogP contribution < -0.4 is 5.32 Å². The summed E-state index contributed by atoms with van der Waals surface area (Å²) in [6, 6.07) is 9.92. The molecule has 0 atom stereocenters. The molecular weight excluding hydrogens is 246 g/mol. The Morgan fingerprint density at radius 2 is 1.78 bits per heavy atom. The van der Waals surface area contributed by atoms with Crippen LogP contribution in [0.1, 0.15) is 33.3 Å². The lowest BCUT2D eigenvalue weighted by Crippen LogP contribution is -2.37. The van der Waals surface area contributed by atoms with Crippen LogP contribution in [0.5, 0.6) is 0 Å². The van der Waals surface area contributed by atoms with Crippen LogP contribution in [-0.2, 0) is 4.79 Å². The second-order valence-electron chi connectivity index (χ2n) is 5.24. The van der Waals surface area contributed by atoms with Crippen LogP contribution >= 0.6 is 12.4 Å². The van der Waals surface area contributed by atoms with Crippen molar-refractivity contribution in [2.75, 3.05) is 6.54 Å². The van der Waals surface area contributed by atoms with Crippen molar-refractivity contribution in [1.82, 2.24) is 5.32 Å². The Morgan fingerprint density at radius 1 is 1.22 bits per heavy atom. The van der Waals surface area contributed by atoms with Gasteiger partial charge < -0.3 is 5.32 Å². The van der Waals surface area contributed by atoms with Crippen LogP contribution in [0.2, 0.25) is 0 Å². The number of hydrogen-bond acceptors (Lipinski definition) is 2. The molecule has 1 aromatic carbocycles. The van der Waals surface area contributed by atoms with Crippen LogP contribution in [0.25, 0.3) is 6.08 Å². The van der Waals surface area contributed by atoms with Gasteiger partial charge in [-0.25, -0.2) is 0 Å². The molecule has 0 bridgehead atoms. The van der Waals surface area contributed by atoms with Crippen molar-refractivity contribution in [3.63, 3.8) is 0 Å². The van der Waals surface area contributed by atoms with Gasteiger partial charge in [-0.05, 0) is 39.3 Å². The number of benzene rings is 1. The highest BCUT2D eigenvalue weighted by atomic mass is 35.5. The molecule has 3 heteroatoms. The number of ketones is 1. The van der Waals surface area contributed by atoms with Crippen LogP contribution in [0.4, 0.5) is 0 Å². The third kappa shape index (κ3) is 6.58. The summed E-state index contributed by atoms with van der Waals surface area (Å²) in [6.07, 6.45) is 1.95. The van der Waals surface area contributed by atoms with E-state index in [2.05, 4.69) is 26.1 Å². The summed E-state index contributed by atoms with van der Waals surface area (Å²) >= 11 is 0. The van der Waals surface area contributed by atoms with E-state index in [9.17, 15) is 4.79 Å². The molecule has 0 amide bonds. The van der Waals surface area contributed by atoms with Crippen molar-refractivity contribution in [3.8, 4) is 0 Å². The Kier molecular flexibility index (Phi) is 6.89. The number of carbonyl (C=O) groups excluding carboxylic acids is 1. The van der Waals surface area contributed by atoms with Crippen LogP contribution in [0, 0.1) is 0 Å². The van der Waals surface area contributed by atoms with Gasteiger partial charge >= 0.3 is 0 Å². The monoisotopic (exact) mass is 267 g/mol. The Bertz CT molecular complexity index is 404. The molecule has 0 aromatic heterocycles. The van der Waals surface area contributed by atoms with Crippen molar-refractivity contribution in [3.05, 3.63) is 41.5 Å². The molecule has 2 nitrogen and oxygen atoms in total. The zero-order chi connectivity index (χ0) is 12.9. The van der Waals surface area contributed by atoms with Crippen molar-refractivity contribution in [2.24, 2.45) is 0 Å². The van der Waals surface area contributed by atoms with Gasteiger partial charge in [-0.15, -0.1) is 12.4 Å². The molecule has 0 aliphatic heterocycles. The summed E-state index contributed by atoms with van der Waals surface area (Å²) in [7, 11) is 0. The average Bonchev–Trinajstić information content (AvgIpc) is 2.24. The summed E-state index contributed by atoms with van der Waals surface area (Å²) in [5.41, 5.74) is 1.89. The van der Waals surface area contributed by atoms with E-state index in [1.807, 2.05) is 36.4 Å². The SMILES string of the molecule is CC(=O)C(=Cc1ccccc1)CNC(C)(C)C.Cl. The van der Waals surface area contributed by atoms with E-state index >= 15 is 0 Å². The van der Waals surface area contributed by atoms with Gasteiger partial charge in [-0.3, -0.25) is 4.79 Å². The average molecular weight is 268 g/mol. The van der Waals surface area contributed by atoms with Crippen molar-refractivity contribution < 1.29 is 4.79 Å². The molecule has 0 saturated heterocycles. The molecule has 1 aromatic rings. The third-order valence-electron chi connectivity index (χ3n) is 2.40. The predicted molar refractivity (Wildman–Crippen MR) is 80.1 cm³/mol. The highest BCUT2D eigenvalue weighted by Crippen LogP contribution is 2.08. The minimum absolute atomic E-state index is 0. The first-order valence-corrected chi connectivity index (χ1v) is 5.90. The molecule has 100 valence electrons. The van der Waals surface area contributed by atoms with Gasteiger partial charge in [0.2, 0.25) is 0 Å². The summed E-state index contributed by atoms with van der Waals surface area (Å²) < 4.78 is 0. The Balaban J connectivity index is 0.00000289. The van der Waals surface area contributed by atoms with E-state index in [0.717, 1.165) is 11.1 Å². The minimum atomic E-state index is 0. The van der Waals surface area contributed by atoms with E-state index < -0.39 is 0 Å². The first kappa shape index (κ1) is 16.9. The van der Waals surface area contributed by atoms with Gasteiger partial charge in [-0.1, -0.05) is 30.3 Å². The number of hydrogen-bond donors (Lipinski definition) is 1. The van der Waals surface area contributed by atoms with E-state index in [-0.39, 0.29) is 23.7 Å². The Morgan fingerprint density at radius 3 is 2.22 bits per heavy atom. The van der Waals surface area contributed by atoms with Crippen molar-refractivity contribution >= 4 is 24.3 Å². The fourth-order valence-corrected chi connectivity index (χ4v) is 1.39. The summed E-state index contributed by atoms with van der Waals surface area (Å²) in [5.74, 6) is 0.116. The molecule has 1 rings (SSSR count). The fourth-order valence-electron chi connectivity index (χ4n) is 1.39. The zero-order valence-electron chi connectivity index (χ0n) is 11.5. The second-order valence-corrected chi connectivity index (χ2v) is 5.24. The third-order valence-corrected chi connectivity index (χ3v) is 2.40. The van der Waals surface area contributed by atoms with Gasteiger partial charge in [0.25, 0.3) is 0 Å². The molecule has 0 aliphatic rings. The van der Waals surface area contributed by atoms with Crippen LogP contribution in [0.3, 0.4) is 0 Å². The molecule has 1 N–H and O–H groups in total. The van der Waals surface area contributed by atoms with Gasteiger partial charge in [-0.2, -0.15) is 0 Å². The number of Topliss-reactive ketones (excluding diaryl/α,β-unsaturated/α-hetero) is 1. The second kappa shape index (κ2) is 7.34. The molecule has 0 spiro atoms. The van der Waals surface area contributed by atoms with E-state index in [4.69, 9.17) is 0 Å². The maximum atomic E-state index is 11.6. The molecule has 18 heavy (non-hydrogen) atoms. The molecular formula is C15H22ClNO. The molecule has 0 radical (unpaired) electrons. The minimum Gasteiger partial charge on any atom is -0.308 e. The molecule has 0 fully saturated rings. The van der Waals surface area contributed by atoms with Gasteiger partial charge in [0.05, 0.1) is 0 Å². The molecule has 0 saturated carbocycles. The first-order valence-electron chi connectivity index (χ1n) is 5.90. The number of rotatable bonds is 4. The molecule has 0 aliphatic carbocycles. The molecule has 0 unspecified atom stereocenters. The summed E-state index contributed by atoms with van der Waals surface area (Å²) in [5, 5.41) is 3.33. The van der Waals surface area contributed by atoms with Crippen molar-refractivity contribution in [1.29, 1.82) is 0 Å². The Hall–Kier alpha value is -1.12. The standard InChI is InChI=1S/C15H21NO.ClH/c1-12(17)14(11-16-15(2,3)4)10-13-8-6-5-7-9-13;/h5-10,16H,11H2,1-4H3;1H. The summed E-state index contributed by atoms with van der Waals surface area (Å²) in [4.78, 5) is 11.6. The lowest BCUT2D eigenvalue weighted by molar-refractivity contribution is -0.113. The van der Waals surface area contributed by atoms with Gasteiger partial charge in [0.15, 0.2) is 5.78 Å². The molecule has 0 heterocycles. The largest absolute Gasteiger partial charge is 0.308 e. The predicted octanol–water partition coefficient (Wildman–Crippen LogP) is 3.47.